The van der Waals surface area contributed by atoms with Crippen molar-refractivity contribution in [3.05, 3.63) is 213 Å². The number of amides is 3. The monoisotopic (exact) mass is 951 g/mol. The Hall–Kier alpha value is -8.24. The molecule has 12 nitrogen and oxygen atoms in total. The molecule has 0 fully saturated rings. The average molecular weight is 952 g/mol. The zero-order valence-corrected chi connectivity index (χ0v) is 38.0. The smallest absolute Gasteiger partial charge is 0.348 e. The highest BCUT2D eigenvalue weighted by atomic mass is 35.5. The second kappa shape index (κ2) is 22.0. The van der Waals surface area contributed by atoms with Crippen LogP contribution in [0.15, 0.2) is 146 Å². The Labute approximate surface area is 398 Å². The van der Waals surface area contributed by atoms with Crippen molar-refractivity contribution >= 4 is 62.4 Å². The van der Waals surface area contributed by atoms with E-state index in [1.165, 1.54) is 24.3 Å². The number of fused-ring (bicyclic) bond motifs is 3. The third kappa shape index (κ3) is 13.0. The van der Waals surface area contributed by atoms with E-state index in [1.807, 2.05) is 49.4 Å². The fourth-order valence-corrected chi connectivity index (χ4v) is 7.13. The summed E-state index contributed by atoms with van der Waals surface area (Å²) in [4.78, 5) is 62.5. The van der Waals surface area contributed by atoms with E-state index in [-0.39, 0.29) is 24.2 Å². The first kappa shape index (κ1) is 48.7. The van der Waals surface area contributed by atoms with Crippen molar-refractivity contribution in [2.24, 2.45) is 0 Å². The lowest BCUT2D eigenvalue weighted by Gasteiger charge is -2.11. The van der Waals surface area contributed by atoms with Gasteiger partial charge in [0.25, 0.3) is 17.7 Å². The molecule has 0 bridgehead atoms. The van der Waals surface area contributed by atoms with Gasteiger partial charge in [0.15, 0.2) is 16.9 Å². The predicted octanol–water partition coefficient (Wildman–Crippen LogP) is 10.4. The lowest BCUT2D eigenvalue weighted by molar-refractivity contribution is -0.137. The van der Waals surface area contributed by atoms with Gasteiger partial charge in [-0.2, -0.15) is 13.2 Å². The van der Waals surface area contributed by atoms with Crippen molar-refractivity contribution in [2.45, 2.75) is 46.6 Å². The lowest BCUT2D eigenvalue weighted by atomic mass is 10.1. The first-order chi connectivity index (χ1) is 33.1. The number of benzene rings is 3. The zero-order chi connectivity index (χ0) is 49.1. The van der Waals surface area contributed by atoms with Gasteiger partial charge in [-0.15, -0.1) is 0 Å². The normalized spacial score (nSPS) is 11.0. The molecular weight excluding hydrogens is 910 g/mol. The maximum Gasteiger partial charge on any atom is 0.416 e. The minimum Gasteiger partial charge on any atom is -0.348 e. The number of nitrogens with zero attached hydrogens (tertiary/aromatic N) is 6. The van der Waals surface area contributed by atoms with Gasteiger partial charge in [0.05, 0.1) is 39.3 Å². The molecule has 0 atom stereocenters. The van der Waals surface area contributed by atoms with Crippen LogP contribution in [-0.4, -0.2) is 47.6 Å². The van der Waals surface area contributed by atoms with E-state index in [0.717, 1.165) is 39.4 Å². The van der Waals surface area contributed by atoms with Crippen LogP contribution in [0.4, 0.5) is 17.6 Å². The summed E-state index contributed by atoms with van der Waals surface area (Å²) >= 11 is 5.94. The van der Waals surface area contributed by atoms with Crippen LogP contribution in [0.25, 0.3) is 33.1 Å². The Kier molecular flexibility index (Phi) is 15.6. The molecule has 9 rings (SSSR count). The molecule has 3 aromatic carbocycles. The number of carbonyl (C=O) groups excluding carboxylic acids is 3. The number of alkyl halides is 3. The summed E-state index contributed by atoms with van der Waals surface area (Å²) < 4.78 is 51.0. The average Bonchev–Trinajstić information content (AvgIpc) is 3.34. The highest BCUT2D eigenvalue weighted by molar-refractivity contribution is 6.30. The number of halogens is 5. The number of pyridine rings is 6. The topological polar surface area (TPSA) is 165 Å². The van der Waals surface area contributed by atoms with Crippen molar-refractivity contribution < 1.29 is 31.9 Å². The molecule has 3 amide bonds. The van der Waals surface area contributed by atoms with Crippen LogP contribution < -0.4 is 16.0 Å². The van der Waals surface area contributed by atoms with Crippen molar-refractivity contribution in [1.82, 2.24) is 45.9 Å². The molecule has 6 heterocycles. The summed E-state index contributed by atoms with van der Waals surface area (Å²) in [6, 6.07) is 34.5. The number of aromatic nitrogens is 6. The Balaban J connectivity index is 0.000000153. The van der Waals surface area contributed by atoms with Gasteiger partial charge in [-0.25, -0.2) is 34.3 Å². The second-order valence-corrected chi connectivity index (χ2v) is 16.0. The third-order valence-corrected chi connectivity index (χ3v) is 10.7. The highest BCUT2D eigenvalue weighted by Gasteiger charge is 2.30. The van der Waals surface area contributed by atoms with E-state index in [4.69, 9.17) is 11.6 Å². The van der Waals surface area contributed by atoms with Crippen molar-refractivity contribution in [1.29, 1.82) is 0 Å². The first-order valence-electron chi connectivity index (χ1n) is 21.3. The first-order valence-corrected chi connectivity index (χ1v) is 21.7. The van der Waals surface area contributed by atoms with Crippen LogP contribution >= 0.6 is 11.6 Å². The molecule has 0 spiro atoms. The summed E-state index contributed by atoms with van der Waals surface area (Å²) in [5.74, 6) is -1.05. The standard InChI is InChI=1S/C18H14F3N3O.C17H14ClN3O.C17H14FN3O/c1-11-15(9-13-5-3-7-22-16(13)24-11)17(25)23-10-12-4-2-6-14(8-12)18(19,20)21;1-11-15(9-13-5-3-7-19-16(13)21-11)17(22)20-10-12-4-2-6-14(18)8-12;1-11-15(9-13-3-2-8-19-16(13)21-11)17(22)20-10-12-4-6-14(18)7-5-12/h2-9H,10H2,1H3,(H,23,25);2*2-9H,10H2,1H3,(H,20,22). The molecule has 0 aliphatic carbocycles. The van der Waals surface area contributed by atoms with Gasteiger partial charge in [0.2, 0.25) is 0 Å². The largest absolute Gasteiger partial charge is 0.416 e. The lowest BCUT2D eigenvalue weighted by Crippen LogP contribution is -2.24. The van der Waals surface area contributed by atoms with Crippen LogP contribution in [0.5, 0.6) is 0 Å². The van der Waals surface area contributed by atoms with Crippen LogP contribution in [0, 0.1) is 26.6 Å². The summed E-state index contributed by atoms with van der Waals surface area (Å²) in [5.41, 5.74) is 6.46. The molecule has 0 saturated carbocycles. The Morgan fingerprint density at radius 3 is 1.29 bits per heavy atom. The maximum absolute atomic E-state index is 12.9. The van der Waals surface area contributed by atoms with E-state index in [2.05, 4.69) is 45.9 Å². The molecule has 0 unspecified atom stereocenters. The predicted molar refractivity (Wildman–Crippen MR) is 256 cm³/mol. The van der Waals surface area contributed by atoms with E-state index in [1.54, 1.807) is 81.0 Å². The minimum atomic E-state index is -4.41. The third-order valence-electron chi connectivity index (χ3n) is 10.5. The van der Waals surface area contributed by atoms with Crippen molar-refractivity contribution in [3.63, 3.8) is 0 Å². The fraction of sp³-hybridized carbons (Fsp3) is 0.135. The molecule has 0 aliphatic heterocycles. The minimum absolute atomic E-state index is 0.00668. The number of aryl methyl sites for hydroxylation is 3. The van der Waals surface area contributed by atoms with Crippen molar-refractivity contribution in [3.8, 4) is 0 Å². The van der Waals surface area contributed by atoms with Gasteiger partial charge in [-0.3, -0.25) is 14.4 Å². The van der Waals surface area contributed by atoms with E-state index in [9.17, 15) is 31.9 Å². The van der Waals surface area contributed by atoms with Gasteiger partial charge >= 0.3 is 6.18 Å². The summed E-state index contributed by atoms with van der Waals surface area (Å²) in [5, 5.41) is 11.4. The number of hydrogen-bond donors (Lipinski definition) is 3. The fourth-order valence-electron chi connectivity index (χ4n) is 6.91. The molecule has 0 radical (unpaired) electrons. The summed E-state index contributed by atoms with van der Waals surface area (Å²) in [6.07, 6.45) is 0.560. The Morgan fingerprint density at radius 1 is 0.493 bits per heavy atom. The quantitative estimate of drug-likeness (QED) is 0.119. The van der Waals surface area contributed by atoms with Gasteiger partial charge in [-0.1, -0.05) is 48.0 Å². The van der Waals surface area contributed by atoms with E-state index in [0.29, 0.717) is 74.4 Å². The maximum atomic E-state index is 12.9. The molecular formula is C52H42ClF4N9O3. The number of hydrogen-bond acceptors (Lipinski definition) is 9. The summed E-state index contributed by atoms with van der Waals surface area (Å²) in [6.45, 7) is 6.03. The van der Waals surface area contributed by atoms with Crippen LogP contribution in [-0.2, 0) is 25.8 Å². The highest BCUT2D eigenvalue weighted by Crippen LogP contribution is 2.29. The van der Waals surface area contributed by atoms with Gasteiger partial charge in [0.1, 0.15) is 5.82 Å². The van der Waals surface area contributed by atoms with E-state index < -0.39 is 17.6 Å². The number of nitrogens with one attached hydrogen (secondary N) is 3. The number of rotatable bonds is 9. The summed E-state index contributed by atoms with van der Waals surface area (Å²) in [7, 11) is 0. The molecule has 0 aliphatic rings. The second-order valence-electron chi connectivity index (χ2n) is 15.5. The van der Waals surface area contributed by atoms with Gasteiger partial charge < -0.3 is 16.0 Å². The SMILES string of the molecule is Cc1nc2ncccc2cc1C(=O)NCc1ccc(F)cc1.Cc1nc2ncccc2cc1C(=O)NCc1cccc(C(F)(F)F)c1.Cc1nc2ncccc2cc1C(=O)NCc1cccc(Cl)c1. The molecule has 3 N–H and O–H groups in total. The van der Waals surface area contributed by atoms with Gasteiger partial charge in [-0.05, 0) is 128 Å². The van der Waals surface area contributed by atoms with Gasteiger partial charge in [0, 0.05) is 59.4 Å². The van der Waals surface area contributed by atoms with Crippen molar-refractivity contribution in [2.75, 3.05) is 0 Å². The molecule has 6 aromatic heterocycles. The van der Waals surface area contributed by atoms with Crippen LogP contribution in [0.1, 0.15) is 70.4 Å². The molecule has 17 heteroatoms. The number of carbonyl (C=O) groups is 3. The van der Waals surface area contributed by atoms with Crippen LogP contribution in [0.2, 0.25) is 5.02 Å². The van der Waals surface area contributed by atoms with E-state index >= 15 is 0 Å². The Morgan fingerprint density at radius 2 is 0.884 bits per heavy atom. The van der Waals surface area contributed by atoms with Crippen LogP contribution in [0.3, 0.4) is 0 Å². The molecule has 0 saturated heterocycles. The molecule has 9 aromatic rings. The Bertz CT molecular complexity index is 3320. The zero-order valence-electron chi connectivity index (χ0n) is 37.3. The molecule has 348 valence electrons. The molecule has 69 heavy (non-hydrogen) atoms.